The maximum Gasteiger partial charge on any atom is 0.259 e. The van der Waals surface area contributed by atoms with Crippen molar-refractivity contribution < 1.29 is 4.79 Å². The van der Waals surface area contributed by atoms with Crippen molar-refractivity contribution in [2.45, 2.75) is 25.7 Å². The van der Waals surface area contributed by atoms with Gasteiger partial charge in [0.05, 0.1) is 11.3 Å². The molecular weight excluding hydrogens is 398 g/mol. The van der Waals surface area contributed by atoms with E-state index in [0.717, 1.165) is 54.7 Å². The second-order valence-electron chi connectivity index (χ2n) is 7.82. The Hall–Kier alpha value is -2.83. The molecule has 5 rings (SSSR count). The Kier molecular flexibility index (Phi) is 6.06. The molecule has 30 heavy (non-hydrogen) atoms. The standard InChI is InChI=1S/C23H23N5O.ClH/c29-22(19-10-16(12-25-13-19)9-15-7-8-24-11-15)28-23-26-14-18-6-5-17-3-1-2-4-20(17)21(18)27-23;/h1-4,10,12-15,24H,5-9,11H2,(H,26,27,28,29);1H. The third kappa shape index (κ3) is 4.20. The molecule has 0 bridgehead atoms. The third-order valence-electron chi connectivity index (χ3n) is 5.77. The molecular formula is C23H24ClN5O. The van der Waals surface area contributed by atoms with E-state index in [1.807, 2.05) is 24.5 Å². The Labute approximate surface area is 182 Å². The Morgan fingerprint density at radius 2 is 2.00 bits per heavy atom. The summed E-state index contributed by atoms with van der Waals surface area (Å²) < 4.78 is 0. The van der Waals surface area contributed by atoms with E-state index in [-0.39, 0.29) is 18.3 Å². The van der Waals surface area contributed by atoms with Crippen LogP contribution in [0.2, 0.25) is 0 Å². The van der Waals surface area contributed by atoms with Gasteiger partial charge in [0.25, 0.3) is 5.91 Å². The number of amides is 1. The lowest BCUT2D eigenvalue weighted by Crippen LogP contribution is -2.17. The van der Waals surface area contributed by atoms with Gasteiger partial charge in [-0.1, -0.05) is 24.3 Å². The summed E-state index contributed by atoms with van der Waals surface area (Å²) in [5.74, 6) is 0.711. The number of aryl methyl sites for hydroxylation is 2. The van der Waals surface area contributed by atoms with Crippen LogP contribution in [0.25, 0.3) is 11.3 Å². The SMILES string of the molecule is Cl.O=C(Nc1ncc2c(n1)-c1ccccc1CC2)c1cncc(CC2CCNC2)c1. The van der Waals surface area contributed by atoms with Gasteiger partial charge < -0.3 is 5.32 Å². The van der Waals surface area contributed by atoms with Crippen LogP contribution in [0.3, 0.4) is 0 Å². The number of pyridine rings is 1. The zero-order valence-corrected chi connectivity index (χ0v) is 17.4. The topological polar surface area (TPSA) is 79.8 Å². The monoisotopic (exact) mass is 421 g/mol. The molecule has 0 radical (unpaired) electrons. The molecule has 2 aliphatic rings. The highest BCUT2D eigenvalue weighted by Gasteiger charge is 2.19. The summed E-state index contributed by atoms with van der Waals surface area (Å²) in [5.41, 5.74) is 6.07. The Morgan fingerprint density at radius 3 is 2.87 bits per heavy atom. The second-order valence-corrected chi connectivity index (χ2v) is 7.82. The number of hydrogen-bond acceptors (Lipinski definition) is 5. The number of carbonyl (C=O) groups excluding carboxylic acids is 1. The van der Waals surface area contributed by atoms with Crippen molar-refractivity contribution in [3.8, 4) is 11.3 Å². The van der Waals surface area contributed by atoms with Gasteiger partial charge in [0.1, 0.15) is 0 Å². The number of aromatic nitrogens is 3. The van der Waals surface area contributed by atoms with Crippen LogP contribution in [0.4, 0.5) is 5.95 Å². The van der Waals surface area contributed by atoms with Crippen LogP contribution in [0.1, 0.15) is 33.5 Å². The molecule has 1 fully saturated rings. The summed E-state index contributed by atoms with van der Waals surface area (Å²) in [4.78, 5) is 26.1. The van der Waals surface area contributed by atoms with Crippen molar-refractivity contribution in [2.24, 2.45) is 5.92 Å². The van der Waals surface area contributed by atoms with E-state index in [1.165, 1.54) is 12.0 Å². The molecule has 3 aromatic rings. The Morgan fingerprint density at radius 1 is 1.13 bits per heavy atom. The van der Waals surface area contributed by atoms with Gasteiger partial charge >= 0.3 is 0 Å². The zero-order chi connectivity index (χ0) is 19.6. The van der Waals surface area contributed by atoms with E-state index in [2.05, 4.69) is 43.8 Å². The smallest absolute Gasteiger partial charge is 0.259 e. The van der Waals surface area contributed by atoms with Gasteiger partial charge in [-0.15, -0.1) is 12.4 Å². The predicted molar refractivity (Wildman–Crippen MR) is 119 cm³/mol. The molecule has 2 N–H and O–H groups in total. The molecule has 154 valence electrons. The number of anilines is 1. The Balaban J connectivity index is 0.00000218. The number of rotatable bonds is 4. The first-order valence-corrected chi connectivity index (χ1v) is 10.2. The molecule has 2 aromatic heterocycles. The third-order valence-corrected chi connectivity index (χ3v) is 5.77. The van der Waals surface area contributed by atoms with E-state index < -0.39 is 0 Å². The minimum atomic E-state index is -0.229. The minimum Gasteiger partial charge on any atom is -0.316 e. The second kappa shape index (κ2) is 8.90. The first-order chi connectivity index (χ1) is 14.3. The van der Waals surface area contributed by atoms with Crippen molar-refractivity contribution in [1.29, 1.82) is 0 Å². The lowest BCUT2D eigenvalue weighted by molar-refractivity contribution is 0.102. The molecule has 6 nitrogen and oxygen atoms in total. The number of halogens is 1. The summed E-state index contributed by atoms with van der Waals surface area (Å²) >= 11 is 0. The van der Waals surface area contributed by atoms with Crippen molar-refractivity contribution >= 4 is 24.3 Å². The fraction of sp³-hybridized carbons (Fsp3) is 0.304. The van der Waals surface area contributed by atoms with Gasteiger partial charge in [-0.25, -0.2) is 9.97 Å². The molecule has 1 aromatic carbocycles. The summed E-state index contributed by atoms with van der Waals surface area (Å²) in [6.45, 7) is 2.10. The first kappa shape index (κ1) is 20.4. The molecule has 3 heterocycles. The van der Waals surface area contributed by atoms with Crippen molar-refractivity contribution in [2.75, 3.05) is 18.4 Å². The van der Waals surface area contributed by atoms with Crippen LogP contribution >= 0.6 is 12.4 Å². The van der Waals surface area contributed by atoms with Gasteiger partial charge in [0, 0.05) is 24.2 Å². The highest BCUT2D eigenvalue weighted by atomic mass is 35.5. The molecule has 7 heteroatoms. The molecule has 0 spiro atoms. The lowest BCUT2D eigenvalue weighted by Gasteiger charge is -2.18. The summed E-state index contributed by atoms with van der Waals surface area (Å²) in [6.07, 6.45) is 9.29. The summed E-state index contributed by atoms with van der Waals surface area (Å²) in [7, 11) is 0. The fourth-order valence-electron chi connectivity index (χ4n) is 4.24. The van der Waals surface area contributed by atoms with Crippen LogP contribution in [0.5, 0.6) is 0 Å². The maximum atomic E-state index is 12.8. The number of benzene rings is 1. The van der Waals surface area contributed by atoms with Crippen LogP contribution in [-0.2, 0) is 19.3 Å². The highest BCUT2D eigenvalue weighted by Crippen LogP contribution is 2.31. The Bertz CT molecular complexity index is 1060. The van der Waals surface area contributed by atoms with E-state index in [9.17, 15) is 4.79 Å². The number of nitrogens with zero attached hydrogens (tertiary/aromatic N) is 3. The quantitative estimate of drug-likeness (QED) is 0.674. The summed E-state index contributed by atoms with van der Waals surface area (Å²) in [5, 5.41) is 6.22. The highest BCUT2D eigenvalue weighted by molar-refractivity contribution is 6.03. The molecule has 1 atom stereocenters. The average molecular weight is 422 g/mol. The van der Waals surface area contributed by atoms with Gasteiger partial charge in [0.15, 0.2) is 0 Å². The van der Waals surface area contributed by atoms with Crippen LogP contribution in [0.15, 0.2) is 48.9 Å². The van der Waals surface area contributed by atoms with Crippen molar-refractivity contribution in [3.05, 3.63) is 71.2 Å². The molecule has 1 unspecified atom stereocenters. The van der Waals surface area contributed by atoms with Gasteiger partial charge in [-0.05, 0) is 67.4 Å². The van der Waals surface area contributed by atoms with Crippen LogP contribution < -0.4 is 10.6 Å². The number of nitrogens with one attached hydrogen (secondary N) is 2. The zero-order valence-electron chi connectivity index (χ0n) is 16.6. The molecule has 1 aliphatic heterocycles. The fourth-order valence-corrected chi connectivity index (χ4v) is 4.24. The molecule has 1 amide bonds. The normalized spacial score (nSPS) is 16.9. The van der Waals surface area contributed by atoms with E-state index >= 15 is 0 Å². The van der Waals surface area contributed by atoms with E-state index in [1.54, 1.807) is 6.20 Å². The maximum absolute atomic E-state index is 12.8. The minimum absolute atomic E-state index is 0. The number of fused-ring (bicyclic) bond motifs is 3. The molecule has 1 saturated heterocycles. The number of carbonyl (C=O) groups is 1. The first-order valence-electron chi connectivity index (χ1n) is 10.2. The van der Waals surface area contributed by atoms with Crippen LogP contribution in [0, 0.1) is 5.92 Å². The predicted octanol–water partition coefficient (Wildman–Crippen LogP) is 3.46. The van der Waals surface area contributed by atoms with Gasteiger partial charge in [-0.2, -0.15) is 0 Å². The van der Waals surface area contributed by atoms with E-state index in [0.29, 0.717) is 17.4 Å². The van der Waals surface area contributed by atoms with Crippen molar-refractivity contribution in [3.63, 3.8) is 0 Å². The van der Waals surface area contributed by atoms with Gasteiger partial charge in [0.2, 0.25) is 5.95 Å². The van der Waals surface area contributed by atoms with Crippen LogP contribution in [-0.4, -0.2) is 33.9 Å². The van der Waals surface area contributed by atoms with Gasteiger partial charge in [-0.3, -0.25) is 15.1 Å². The van der Waals surface area contributed by atoms with E-state index in [4.69, 9.17) is 0 Å². The molecule has 0 saturated carbocycles. The summed E-state index contributed by atoms with van der Waals surface area (Å²) in [6, 6.07) is 10.2. The van der Waals surface area contributed by atoms with Crippen molar-refractivity contribution in [1.82, 2.24) is 20.3 Å². The average Bonchev–Trinajstić information content (AvgIpc) is 3.27. The largest absolute Gasteiger partial charge is 0.316 e. The number of hydrogen-bond donors (Lipinski definition) is 2. The molecule has 1 aliphatic carbocycles. The lowest BCUT2D eigenvalue weighted by atomic mass is 9.90.